The highest BCUT2D eigenvalue weighted by Gasteiger charge is 1.98. The van der Waals surface area contributed by atoms with Crippen molar-refractivity contribution in [3.8, 4) is 0 Å². The summed E-state index contributed by atoms with van der Waals surface area (Å²) in [6.07, 6.45) is 0.706. The van der Waals surface area contributed by atoms with E-state index < -0.39 is 17.5 Å². The standard InChI is InChI=1S/C7H10O4/c1-3-11-7(10)6(9)4-5(2)8/h4,9H,3H2,1-2H3/p-1. The number of allylic oxidation sites excluding steroid dienone is 1. The Morgan fingerprint density at radius 1 is 1.55 bits per heavy atom. The minimum absolute atomic E-state index is 0.135. The highest BCUT2D eigenvalue weighted by atomic mass is 16.5. The van der Waals surface area contributed by atoms with Crippen molar-refractivity contribution in [2.24, 2.45) is 0 Å². The van der Waals surface area contributed by atoms with E-state index in [0.29, 0.717) is 6.08 Å². The highest BCUT2D eigenvalue weighted by Crippen LogP contribution is 1.88. The molecule has 0 atom stereocenters. The molecule has 0 unspecified atom stereocenters. The molecule has 4 nitrogen and oxygen atoms in total. The van der Waals surface area contributed by atoms with Crippen molar-refractivity contribution in [2.75, 3.05) is 6.61 Å². The molecule has 0 heterocycles. The van der Waals surface area contributed by atoms with E-state index in [4.69, 9.17) is 0 Å². The van der Waals surface area contributed by atoms with Crippen LogP contribution >= 0.6 is 0 Å². The molecule has 0 aromatic heterocycles. The van der Waals surface area contributed by atoms with Gasteiger partial charge in [-0.2, -0.15) is 0 Å². The predicted molar refractivity (Wildman–Crippen MR) is 35.4 cm³/mol. The first-order valence-corrected chi connectivity index (χ1v) is 3.14. The Hall–Kier alpha value is -1.32. The number of esters is 1. The molecule has 0 fully saturated rings. The van der Waals surface area contributed by atoms with Gasteiger partial charge in [-0.1, -0.05) is 0 Å². The van der Waals surface area contributed by atoms with Crippen LogP contribution in [-0.4, -0.2) is 18.4 Å². The summed E-state index contributed by atoms with van der Waals surface area (Å²) in [4.78, 5) is 20.8. The van der Waals surface area contributed by atoms with E-state index in [9.17, 15) is 14.7 Å². The van der Waals surface area contributed by atoms with E-state index in [2.05, 4.69) is 4.74 Å². The molecular weight excluding hydrogens is 148 g/mol. The fraction of sp³-hybridized carbons (Fsp3) is 0.429. The number of ketones is 1. The molecular formula is C7H9O4-. The number of carbonyl (C=O) groups excluding carboxylic acids is 2. The second kappa shape index (κ2) is 4.49. The third-order valence-corrected chi connectivity index (χ3v) is 0.811. The van der Waals surface area contributed by atoms with E-state index in [1.54, 1.807) is 6.92 Å². The second-order valence-electron chi connectivity index (χ2n) is 1.84. The molecule has 0 saturated heterocycles. The zero-order chi connectivity index (χ0) is 8.85. The maximum atomic E-state index is 10.6. The topological polar surface area (TPSA) is 66.4 Å². The molecule has 11 heavy (non-hydrogen) atoms. The monoisotopic (exact) mass is 157 g/mol. The van der Waals surface area contributed by atoms with Crippen LogP contribution in [0.2, 0.25) is 0 Å². The number of hydrogen-bond acceptors (Lipinski definition) is 4. The first kappa shape index (κ1) is 9.68. The largest absolute Gasteiger partial charge is 0.868 e. The maximum Gasteiger partial charge on any atom is 0.322 e. The van der Waals surface area contributed by atoms with E-state index in [1.807, 2.05) is 0 Å². The van der Waals surface area contributed by atoms with Gasteiger partial charge in [0.25, 0.3) is 0 Å². The Kier molecular flexibility index (Phi) is 3.95. The maximum absolute atomic E-state index is 10.6. The smallest absolute Gasteiger partial charge is 0.322 e. The number of ether oxygens (including phenoxy) is 1. The van der Waals surface area contributed by atoms with Crippen LogP contribution in [0.4, 0.5) is 0 Å². The van der Waals surface area contributed by atoms with Gasteiger partial charge in [0.2, 0.25) is 0 Å². The summed E-state index contributed by atoms with van der Waals surface area (Å²) in [5.74, 6) is -2.34. The first-order valence-electron chi connectivity index (χ1n) is 3.14. The Morgan fingerprint density at radius 3 is 2.45 bits per heavy atom. The summed E-state index contributed by atoms with van der Waals surface area (Å²) >= 11 is 0. The van der Waals surface area contributed by atoms with Crippen LogP contribution in [0.3, 0.4) is 0 Å². The van der Waals surface area contributed by atoms with Crippen LogP contribution in [0.5, 0.6) is 0 Å². The van der Waals surface area contributed by atoms with Gasteiger partial charge < -0.3 is 9.84 Å². The molecule has 0 aliphatic carbocycles. The lowest BCUT2D eigenvalue weighted by Gasteiger charge is -2.08. The van der Waals surface area contributed by atoms with Gasteiger partial charge in [0.05, 0.1) is 6.61 Å². The van der Waals surface area contributed by atoms with Crippen molar-refractivity contribution < 1.29 is 19.4 Å². The molecule has 0 amide bonds. The van der Waals surface area contributed by atoms with Crippen LogP contribution in [-0.2, 0) is 14.3 Å². The van der Waals surface area contributed by atoms with Crippen LogP contribution in [0.25, 0.3) is 0 Å². The summed E-state index contributed by atoms with van der Waals surface area (Å²) in [5.41, 5.74) is 0. The van der Waals surface area contributed by atoms with Crippen molar-refractivity contribution in [1.82, 2.24) is 0 Å². The van der Waals surface area contributed by atoms with Crippen LogP contribution in [0.1, 0.15) is 13.8 Å². The average molecular weight is 157 g/mol. The van der Waals surface area contributed by atoms with Crippen molar-refractivity contribution in [2.45, 2.75) is 13.8 Å². The van der Waals surface area contributed by atoms with Gasteiger partial charge in [-0.15, -0.1) is 0 Å². The van der Waals surface area contributed by atoms with E-state index in [-0.39, 0.29) is 6.61 Å². The van der Waals surface area contributed by atoms with Gasteiger partial charge >= 0.3 is 5.97 Å². The van der Waals surface area contributed by atoms with Crippen LogP contribution in [0, 0.1) is 0 Å². The zero-order valence-electron chi connectivity index (χ0n) is 6.42. The molecule has 0 aliphatic heterocycles. The molecule has 62 valence electrons. The fourth-order valence-corrected chi connectivity index (χ4v) is 0.446. The van der Waals surface area contributed by atoms with Gasteiger partial charge in [0, 0.05) is 0 Å². The summed E-state index contributed by atoms with van der Waals surface area (Å²) in [5, 5.41) is 10.6. The summed E-state index contributed by atoms with van der Waals surface area (Å²) in [6, 6.07) is 0. The molecule has 0 rings (SSSR count). The third kappa shape index (κ3) is 4.13. The first-order chi connectivity index (χ1) is 5.07. The minimum Gasteiger partial charge on any atom is -0.868 e. The van der Waals surface area contributed by atoms with Gasteiger partial charge in [-0.25, -0.2) is 4.79 Å². The summed E-state index contributed by atoms with van der Waals surface area (Å²) in [6.45, 7) is 2.91. The molecule has 0 bridgehead atoms. The Labute approximate surface area is 64.5 Å². The quantitative estimate of drug-likeness (QED) is 0.311. The Balaban J connectivity index is 4.12. The SMILES string of the molecule is CCOC(=O)C([O-])=CC(C)=O. The molecule has 0 aromatic carbocycles. The van der Waals surface area contributed by atoms with Crippen molar-refractivity contribution in [3.05, 3.63) is 11.8 Å². The fourth-order valence-electron chi connectivity index (χ4n) is 0.446. The summed E-state index contributed by atoms with van der Waals surface area (Å²) < 4.78 is 4.33. The highest BCUT2D eigenvalue weighted by molar-refractivity contribution is 5.96. The van der Waals surface area contributed by atoms with E-state index in [1.165, 1.54) is 6.92 Å². The number of hydrogen-bond donors (Lipinski definition) is 0. The van der Waals surface area contributed by atoms with Crippen molar-refractivity contribution >= 4 is 11.8 Å². The minimum atomic E-state index is -0.984. The van der Waals surface area contributed by atoms with E-state index >= 15 is 0 Å². The van der Waals surface area contributed by atoms with Crippen molar-refractivity contribution in [1.29, 1.82) is 0 Å². The predicted octanol–water partition coefficient (Wildman–Crippen LogP) is -0.617. The van der Waals surface area contributed by atoms with Crippen molar-refractivity contribution in [3.63, 3.8) is 0 Å². The molecule has 4 heteroatoms. The zero-order valence-corrected chi connectivity index (χ0v) is 6.42. The van der Waals surface area contributed by atoms with Crippen LogP contribution < -0.4 is 5.11 Å². The molecule has 0 radical (unpaired) electrons. The average Bonchev–Trinajstić information content (AvgIpc) is 1.86. The second-order valence-corrected chi connectivity index (χ2v) is 1.84. The number of carbonyl (C=O) groups is 2. The van der Waals surface area contributed by atoms with Crippen LogP contribution in [0.15, 0.2) is 11.8 Å². The van der Waals surface area contributed by atoms with E-state index in [0.717, 1.165) is 0 Å². The third-order valence-electron chi connectivity index (χ3n) is 0.811. The summed E-state index contributed by atoms with van der Waals surface area (Å²) in [7, 11) is 0. The molecule has 0 spiro atoms. The molecule has 0 saturated carbocycles. The van der Waals surface area contributed by atoms with Gasteiger partial charge in [0.1, 0.15) is 0 Å². The normalized spacial score (nSPS) is 10.9. The Morgan fingerprint density at radius 2 is 2.09 bits per heavy atom. The lowest BCUT2D eigenvalue weighted by molar-refractivity contribution is -0.303. The van der Waals surface area contributed by atoms with Gasteiger partial charge in [-0.05, 0) is 25.7 Å². The lowest BCUT2D eigenvalue weighted by atomic mass is 10.3. The lowest BCUT2D eigenvalue weighted by Crippen LogP contribution is -2.19. The Bertz CT molecular complexity index is 193. The molecule has 0 N–H and O–H groups in total. The number of rotatable bonds is 3. The molecule has 0 aliphatic rings. The van der Waals surface area contributed by atoms with Gasteiger partial charge in [-0.3, -0.25) is 4.79 Å². The van der Waals surface area contributed by atoms with Gasteiger partial charge in [0.15, 0.2) is 5.78 Å². The molecule has 0 aromatic rings.